The van der Waals surface area contributed by atoms with E-state index in [4.69, 9.17) is 5.11 Å². The van der Waals surface area contributed by atoms with Crippen LogP contribution < -0.4 is 0 Å². The van der Waals surface area contributed by atoms with E-state index in [-0.39, 0.29) is 5.92 Å². The molecule has 2 atom stereocenters. The highest BCUT2D eigenvalue weighted by atomic mass is 16.4. The van der Waals surface area contributed by atoms with E-state index in [0.29, 0.717) is 5.92 Å². The van der Waals surface area contributed by atoms with E-state index >= 15 is 0 Å². The quantitative estimate of drug-likeness (QED) is 0.656. The molecule has 10 heavy (non-hydrogen) atoms. The third-order valence-electron chi connectivity index (χ3n) is 1.87. The molecule has 0 saturated heterocycles. The summed E-state index contributed by atoms with van der Waals surface area (Å²) in [6.45, 7) is 5.92. The molecule has 0 spiro atoms. The van der Waals surface area contributed by atoms with Gasteiger partial charge in [0.2, 0.25) is 0 Å². The van der Waals surface area contributed by atoms with Crippen LogP contribution in [0.4, 0.5) is 0 Å². The molecule has 0 radical (unpaired) electrons. The summed E-state index contributed by atoms with van der Waals surface area (Å²) in [7, 11) is 0. The van der Waals surface area contributed by atoms with Gasteiger partial charge in [0, 0.05) is 0 Å². The molecule has 2 heteroatoms. The number of hydrogen-bond acceptors (Lipinski definition) is 1. The highest BCUT2D eigenvalue weighted by molar-refractivity contribution is 5.69. The summed E-state index contributed by atoms with van der Waals surface area (Å²) in [6, 6.07) is 0. The number of aliphatic carboxylic acids is 1. The third-order valence-corrected chi connectivity index (χ3v) is 1.87. The first-order valence-electron chi connectivity index (χ1n) is 3.80. The summed E-state index contributed by atoms with van der Waals surface area (Å²) in [5.41, 5.74) is 0. The van der Waals surface area contributed by atoms with E-state index in [1.54, 1.807) is 6.92 Å². The Hall–Kier alpha value is -0.530. The minimum atomic E-state index is -0.680. The van der Waals surface area contributed by atoms with E-state index in [9.17, 15) is 4.79 Å². The molecular weight excluding hydrogens is 128 g/mol. The minimum Gasteiger partial charge on any atom is -0.481 e. The molecule has 0 saturated carbocycles. The number of carboxylic acid groups (broad SMARTS) is 1. The monoisotopic (exact) mass is 144 g/mol. The second-order valence-corrected chi connectivity index (χ2v) is 2.99. The van der Waals surface area contributed by atoms with Crippen molar-refractivity contribution in [1.82, 2.24) is 0 Å². The molecule has 1 N–H and O–H groups in total. The molecule has 0 bridgehead atoms. The van der Waals surface area contributed by atoms with Crippen molar-refractivity contribution in [2.24, 2.45) is 11.8 Å². The Balaban J connectivity index is 3.56. The molecule has 0 amide bonds. The zero-order valence-corrected chi connectivity index (χ0v) is 6.92. The molecule has 0 aliphatic rings. The standard InChI is InChI=1S/C8H16O2/c1-4-6(2)5-7(3)8(9)10/h6-7H,4-5H2,1-3H3,(H,9,10)/t6-,7+/m0/s1. The molecule has 60 valence electrons. The molecule has 0 aliphatic heterocycles. The van der Waals surface area contributed by atoms with Gasteiger partial charge in [0.05, 0.1) is 5.92 Å². The maximum atomic E-state index is 10.4. The lowest BCUT2D eigenvalue weighted by molar-refractivity contribution is -0.141. The number of carboxylic acids is 1. The van der Waals surface area contributed by atoms with E-state index in [2.05, 4.69) is 13.8 Å². The van der Waals surface area contributed by atoms with Gasteiger partial charge in [0.15, 0.2) is 0 Å². The maximum absolute atomic E-state index is 10.4. The first kappa shape index (κ1) is 9.47. The Kier molecular flexibility index (Phi) is 4.08. The Bertz CT molecular complexity index is 110. The molecule has 0 unspecified atom stereocenters. The van der Waals surface area contributed by atoms with Gasteiger partial charge in [0.1, 0.15) is 0 Å². The highest BCUT2D eigenvalue weighted by Gasteiger charge is 2.13. The van der Waals surface area contributed by atoms with Gasteiger partial charge in [-0.2, -0.15) is 0 Å². The average Bonchev–Trinajstić information content (AvgIpc) is 1.87. The molecular formula is C8H16O2. The Labute approximate surface area is 62.2 Å². The van der Waals surface area contributed by atoms with E-state index in [0.717, 1.165) is 12.8 Å². The summed E-state index contributed by atoms with van der Waals surface area (Å²) < 4.78 is 0. The number of carbonyl (C=O) groups is 1. The summed E-state index contributed by atoms with van der Waals surface area (Å²) >= 11 is 0. The van der Waals surface area contributed by atoms with Gasteiger partial charge in [-0.1, -0.05) is 27.2 Å². The molecule has 0 aromatic carbocycles. The Morgan fingerprint density at radius 2 is 2.00 bits per heavy atom. The van der Waals surface area contributed by atoms with E-state index in [1.807, 2.05) is 0 Å². The van der Waals surface area contributed by atoms with Crippen LogP contribution in [0.2, 0.25) is 0 Å². The van der Waals surface area contributed by atoms with Gasteiger partial charge >= 0.3 is 5.97 Å². The van der Waals surface area contributed by atoms with E-state index < -0.39 is 5.97 Å². The van der Waals surface area contributed by atoms with Crippen LogP contribution in [0.3, 0.4) is 0 Å². The smallest absolute Gasteiger partial charge is 0.306 e. The zero-order chi connectivity index (χ0) is 8.15. The van der Waals surface area contributed by atoms with Crippen LogP contribution in [0.5, 0.6) is 0 Å². The van der Waals surface area contributed by atoms with Crippen LogP contribution in [0.15, 0.2) is 0 Å². The predicted octanol–water partition coefficient (Wildman–Crippen LogP) is 2.14. The Morgan fingerprint density at radius 3 is 2.30 bits per heavy atom. The molecule has 2 nitrogen and oxygen atoms in total. The summed E-state index contributed by atoms with van der Waals surface area (Å²) in [6.07, 6.45) is 1.86. The predicted molar refractivity (Wildman–Crippen MR) is 40.9 cm³/mol. The lowest BCUT2D eigenvalue weighted by atomic mass is 9.96. The minimum absolute atomic E-state index is 0.185. The lowest BCUT2D eigenvalue weighted by Crippen LogP contribution is -2.12. The van der Waals surface area contributed by atoms with E-state index in [1.165, 1.54) is 0 Å². The second kappa shape index (κ2) is 4.31. The van der Waals surface area contributed by atoms with Crippen LogP contribution >= 0.6 is 0 Å². The second-order valence-electron chi connectivity index (χ2n) is 2.99. The SMILES string of the molecule is CC[C@H](C)C[C@@H](C)C(=O)O. The van der Waals surface area contributed by atoms with Gasteiger partial charge in [-0.3, -0.25) is 4.79 Å². The topological polar surface area (TPSA) is 37.3 Å². The number of rotatable bonds is 4. The molecule has 0 rings (SSSR count). The van der Waals surface area contributed by atoms with Crippen molar-refractivity contribution in [2.75, 3.05) is 0 Å². The van der Waals surface area contributed by atoms with Crippen LogP contribution in [0.25, 0.3) is 0 Å². The molecule has 0 fully saturated rings. The van der Waals surface area contributed by atoms with Crippen molar-refractivity contribution in [3.8, 4) is 0 Å². The molecule has 0 aromatic rings. The van der Waals surface area contributed by atoms with Gasteiger partial charge < -0.3 is 5.11 Å². The summed E-state index contributed by atoms with van der Waals surface area (Å²) in [4.78, 5) is 10.4. The third kappa shape index (κ3) is 3.49. The van der Waals surface area contributed by atoms with Crippen LogP contribution in [0, 0.1) is 11.8 Å². The fraction of sp³-hybridized carbons (Fsp3) is 0.875. The molecule has 0 heterocycles. The largest absolute Gasteiger partial charge is 0.481 e. The maximum Gasteiger partial charge on any atom is 0.306 e. The average molecular weight is 144 g/mol. The van der Waals surface area contributed by atoms with Crippen LogP contribution in [-0.4, -0.2) is 11.1 Å². The first-order chi connectivity index (χ1) is 4.57. The normalized spacial score (nSPS) is 16.3. The van der Waals surface area contributed by atoms with Crippen molar-refractivity contribution < 1.29 is 9.90 Å². The molecule has 0 aliphatic carbocycles. The fourth-order valence-electron chi connectivity index (χ4n) is 0.871. The van der Waals surface area contributed by atoms with Crippen molar-refractivity contribution >= 4 is 5.97 Å². The first-order valence-corrected chi connectivity index (χ1v) is 3.80. The van der Waals surface area contributed by atoms with Gasteiger partial charge in [-0.25, -0.2) is 0 Å². The summed E-state index contributed by atoms with van der Waals surface area (Å²) in [5, 5.41) is 8.53. The van der Waals surface area contributed by atoms with Gasteiger partial charge in [-0.05, 0) is 12.3 Å². The van der Waals surface area contributed by atoms with Crippen molar-refractivity contribution in [2.45, 2.75) is 33.6 Å². The molecule has 0 aromatic heterocycles. The van der Waals surface area contributed by atoms with Crippen molar-refractivity contribution in [3.05, 3.63) is 0 Å². The highest BCUT2D eigenvalue weighted by Crippen LogP contribution is 2.14. The van der Waals surface area contributed by atoms with Crippen molar-refractivity contribution in [1.29, 1.82) is 0 Å². The Morgan fingerprint density at radius 1 is 1.50 bits per heavy atom. The van der Waals surface area contributed by atoms with Gasteiger partial charge in [-0.15, -0.1) is 0 Å². The number of hydrogen-bond donors (Lipinski definition) is 1. The van der Waals surface area contributed by atoms with Crippen molar-refractivity contribution in [3.63, 3.8) is 0 Å². The van der Waals surface area contributed by atoms with Crippen LogP contribution in [0.1, 0.15) is 33.6 Å². The van der Waals surface area contributed by atoms with Gasteiger partial charge in [0.25, 0.3) is 0 Å². The lowest BCUT2D eigenvalue weighted by Gasteiger charge is -2.10. The fourth-order valence-corrected chi connectivity index (χ4v) is 0.871. The zero-order valence-electron chi connectivity index (χ0n) is 6.92. The van der Waals surface area contributed by atoms with Crippen LogP contribution in [-0.2, 0) is 4.79 Å². The summed E-state index contributed by atoms with van der Waals surface area (Å²) in [5.74, 6) is -0.332.